The highest BCUT2D eigenvalue weighted by atomic mass is 19.3. The molecule has 0 N–H and O–H groups in total. The van der Waals surface area contributed by atoms with E-state index in [-0.39, 0.29) is 12.3 Å². The van der Waals surface area contributed by atoms with Crippen LogP contribution in [0.5, 0.6) is 0 Å². The Morgan fingerprint density at radius 1 is 1.40 bits per heavy atom. The zero-order valence-electron chi connectivity index (χ0n) is 8.83. The summed E-state index contributed by atoms with van der Waals surface area (Å²) in [7, 11) is 0. The van der Waals surface area contributed by atoms with Gasteiger partial charge in [-0.05, 0) is 19.8 Å². The predicted molar refractivity (Wildman–Crippen MR) is 49.7 cm³/mol. The summed E-state index contributed by atoms with van der Waals surface area (Å²) >= 11 is 0. The SMILES string of the molecule is Cc1noc(C2CCC(C)C(F)(F)C2)n1. The number of aromatic nitrogens is 2. The third kappa shape index (κ3) is 2.01. The van der Waals surface area contributed by atoms with Crippen molar-refractivity contribution < 1.29 is 13.3 Å². The number of alkyl halides is 2. The van der Waals surface area contributed by atoms with Crippen LogP contribution in [0.4, 0.5) is 8.78 Å². The fraction of sp³-hybridized carbons (Fsp3) is 0.800. The lowest BCUT2D eigenvalue weighted by atomic mass is 9.80. The first-order chi connectivity index (χ1) is 6.99. The van der Waals surface area contributed by atoms with Crippen LogP contribution in [0.3, 0.4) is 0 Å². The molecule has 15 heavy (non-hydrogen) atoms. The summed E-state index contributed by atoms with van der Waals surface area (Å²) in [6, 6.07) is 0. The molecule has 1 aliphatic rings. The number of halogens is 2. The maximum absolute atomic E-state index is 13.5. The molecular formula is C10H14F2N2O. The summed E-state index contributed by atoms with van der Waals surface area (Å²) in [5, 5.41) is 3.63. The van der Waals surface area contributed by atoms with Crippen molar-refractivity contribution in [3.05, 3.63) is 11.7 Å². The molecule has 1 aliphatic carbocycles. The van der Waals surface area contributed by atoms with E-state index in [1.807, 2.05) is 0 Å². The van der Waals surface area contributed by atoms with Crippen molar-refractivity contribution in [2.75, 3.05) is 0 Å². The second kappa shape index (κ2) is 3.54. The molecule has 0 aliphatic heterocycles. The minimum atomic E-state index is -2.61. The second-order valence-electron chi connectivity index (χ2n) is 4.32. The molecule has 0 amide bonds. The zero-order chi connectivity index (χ0) is 11.1. The molecule has 3 nitrogen and oxygen atoms in total. The molecule has 1 heterocycles. The average Bonchev–Trinajstić information content (AvgIpc) is 2.57. The Labute approximate surface area is 86.9 Å². The van der Waals surface area contributed by atoms with Crippen LogP contribution in [0.2, 0.25) is 0 Å². The Balaban J connectivity index is 2.13. The maximum Gasteiger partial charge on any atom is 0.251 e. The van der Waals surface area contributed by atoms with Gasteiger partial charge in [0.05, 0.1) is 0 Å². The molecule has 2 rings (SSSR count). The Kier molecular flexibility index (Phi) is 2.48. The van der Waals surface area contributed by atoms with Crippen molar-refractivity contribution in [3.8, 4) is 0 Å². The van der Waals surface area contributed by atoms with E-state index in [9.17, 15) is 8.78 Å². The molecule has 0 radical (unpaired) electrons. The van der Waals surface area contributed by atoms with E-state index in [0.717, 1.165) is 0 Å². The summed E-state index contributed by atoms with van der Waals surface area (Å²) in [6.07, 6.45) is 1.05. The summed E-state index contributed by atoms with van der Waals surface area (Å²) in [5.74, 6) is -2.56. The molecule has 1 saturated carbocycles. The van der Waals surface area contributed by atoms with E-state index in [0.29, 0.717) is 24.6 Å². The van der Waals surface area contributed by atoms with Crippen LogP contribution in [0.25, 0.3) is 0 Å². The molecule has 2 unspecified atom stereocenters. The molecule has 1 aromatic heterocycles. The van der Waals surface area contributed by atoms with Gasteiger partial charge in [-0.3, -0.25) is 0 Å². The van der Waals surface area contributed by atoms with Gasteiger partial charge < -0.3 is 4.52 Å². The average molecular weight is 216 g/mol. The van der Waals surface area contributed by atoms with Crippen molar-refractivity contribution in [2.45, 2.75) is 45.0 Å². The first kappa shape index (κ1) is 10.5. The van der Waals surface area contributed by atoms with Crippen LogP contribution in [-0.2, 0) is 0 Å². The monoisotopic (exact) mass is 216 g/mol. The second-order valence-corrected chi connectivity index (χ2v) is 4.32. The number of hydrogen-bond acceptors (Lipinski definition) is 3. The minimum absolute atomic E-state index is 0.171. The lowest BCUT2D eigenvalue weighted by Crippen LogP contribution is -2.33. The fourth-order valence-electron chi connectivity index (χ4n) is 1.98. The number of rotatable bonds is 1. The van der Waals surface area contributed by atoms with E-state index in [1.54, 1.807) is 13.8 Å². The lowest BCUT2D eigenvalue weighted by molar-refractivity contribution is -0.0874. The van der Waals surface area contributed by atoms with Gasteiger partial charge >= 0.3 is 0 Å². The first-order valence-electron chi connectivity index (χ1n) is 5.17. The highest BCUT2D eigenvalue weighted by Crippen LogP contribution is 2.44. The molecule has 1 aromatic rings. The van der Waals surface area contributed by atoms with Crippen LogP contribution in [0.1, 0.15) is 43.8 Å². The first-order valence-corrected chi connectivity index (χ1v) is 5.17. The molecule has 5 heteroatoms. The standard InChI is InChI=1S/C10H14F2N2O/c1-6-3-4-8(5-10(6,11)12)9-13-7(2)14-15-9/h6,8H,3-5H2,1-2H3. The van der Waals surface area contributed by atoms with Gasteiger partial charge in [-0.25, -0.2) is 8.78 Å². The molecule has 2 atom stereocenters. The van der Waals surface area contributed by atoms with Crippen LogP contribution in [-0.4, -0.2) is 16.1 Å². The van der Waals surface area contributed by atoms with E-state index < -0.39 is 11.8 Å². The Morgan fingerprint density at radius 2 is 2.13 bits per heavy atom. The summed E-state index contributed by atoms with van der Waals surface area (Å²) in [4.78, 5) is 4.01. The number of nitrogens with zero attached hydrogens (tertiary/aromatic N) is 2. The molecular weight excluding hydrogens is 202 g/mol. The van der Waals surface area contributed by atoms with Crippen LogP contribution >= 0.6 is 0 Å². The van der Waals surface area contributed by atoms with Gasteiger partial charge in [0, 0.05) is 18.3 Å². The van der Waals surface area contributed by atoms with Gasteiger partial charge in [0.15, 0.2) is 5.82 Å². The lowest BCUT2D eigenvalue weighted by Gasteiger charge is -2.32. The Morgan fingerprint density at radius 3 is 2.67 bits per heavy atom. The highest BCUT2D eigenvalue weighted by molar-refractivity contribution is 4.99. The van der Waals surface area contributed by atoms with Crippen LogP contribution in [0, 0.1) is 12.8 Å². The Bertz CT molecular complexity index is 351. The van der Waals surface area contributed by atoms with Crippen LogP contribution in [0.15, 0.2) is 4.52 Å². The van der Waals surface area contributed by atoms with Gasteiger partial charge in [0.2, 0.25) is 5.89 Å². The minimum Gasteiger partial charge on any atom is -0.339 e. The van der Waals surface area contributed by atoms with Crippen LogP contribution < -0.4 is 0 Å². The van der Waals surface area contributed by atoms with Crippen molar-refractivity contribution in [2.24, 2.45) is 5.92 Å². The quantitative estimate of drug-likeness (QED) is 0.724. The molecule has 1 fully saturated rings. The van der Waals surface area contributed by atoms with E-state index in [4.69, 9.17) is 4.52 Å². The molecule has 0 bridgehead atoms. The summed E-state index contributed by atoms with van der Waals surface area (Å²) in [6.45, 7) is 3.28. The normalized spacial score (nSPS) is 30.4. The van der Waals surface area contributed by atoms with Gasteiger partial charge in [0.25, 0.3) is 5.92 Å². The van der Waals surface area contributed by atoms with Gasteiger partial charge in [-0.2, -0.15) is 4.98 Å². The smallest absolute Gasteiger partial charge is 0.251 e. The molecule has 0 saturated heterocycles. The van der Waals surface area contributed by atoms with Crippen molar-refractivity contribution in [1.29, 1.82) is 0 Å². The highest BCUT2D eigenvalue weighted by Gasteiger charge is 2.44. The third-order valence-electron chi connectivity index (χ3n) is 3.08. The Hall–Kier alpha value is -1.00. The van der Waals surface area contributed by atoms with Crippen molar-refractivity contribution in [3.63, 3.8) is 0 Å². The summed E-state index contributed by atoms with van der Waals surface area (Å²) < 4.78 is 31.8. The van der Waals surface area contributed by atoms with E-state index in [1.165, 1.54) is 0 Å². The summed E-state index contributed by atoms with van der Waals surface area (Å²) in [5.41, 5.74) is 0. The van der Waals surface area contributed by atoms with E-state index in [2.05, 4.69) is 10.1 Å². The fourth-order valence-corrected chi connectivity index (χ4v) is 1.98. The molecule has 84 valence electrons. The van der Waals surface area contributed by atoms with Crippen molar-refractivity contribution >= 4 is 0 Å². The topological polar surface area (TPSA) is 38.9 Å². The van der Waals surface area contributed by atoms with Gasteiger partial charge in [0.1, 0.15) is 0 Å². The van der Waals surface area contributed by atoms with Crippen molar-refractivity contribution in [1.82, 2.24) is 10.1 Å². The largest absolute Gasteiger partial charge is 0.339 e. The zero-order valence-corrected chi connectivity index (χ0v) is 8.83. The van der Waals surface area contributed by atoms with E-state index >= 15 is 0 Å². The predicted octanol–water partition coefficient (Wildman–Crippen LogP) is 2.92. The third-order valence-corrected chi connectivity index (χ3v) is 3.08. The molecule has 0 spiro atoms. The number of hydrogen-bond donors (Lipinski definition) is 0. The van der Waals surface area contributed by atoms with Gasteiger partial charge in [-0.1, -0.05) is 12.1 Å². The maximum atomic E-state index is 13.5. The molecule has 0 aromatic carbocycles. The number of aryl methyl sites for hydroxylation is 1. The van der Waals surface area contributed by atoms with Gasteiger partial charge in [-0.15, -0.1) is 0 Å².